The van der Waals surface area contributed by atoms with Crippen LogP contribution in [0, 0.1) is 0 Å². The minimum Gasteiger partial charge on any atom is -0.435 e. The normalized spacial score (nSPS) is 12.7. The molecule has 1 heterocycles. The van der Waals surface area contributed by atoms with Crippen molar-refractivity contribution in [3.8, 4) is 5.75 Å². The number of ether oxygens (including phenoxy) is 1. The molecule has 0 aliphatic heterocycles. The lowest BCUT2D eigenvalue weighted by Gasteiger charge is -2.16. The number of hydrogen-bond acceptors (Lipinski definition) is 3. The lowest BCUT2D eigenvalue weighted by molar-refractivity contribution is -0.0498. The van der Waals surface area contributed by atoms with Crippen molar-refractivity contribution in [2.24, 2.45) is 0 Å². The third-order valence-electron chi connectivity index (χ3n) is 2.58. The number of alkyl halides is 2. The van der Waals surface area contributed by atoms with Crippen LogP contribution in [0.4, 0.5) is 8.78 Å². The molecule has 18 heavy (non-hydrogen) atoms. The minimum atomic E-state index is -2.80. The van der Waals surface area contributed by atoms with Crippen molar-refractivity contribution in [2.45, 2.75) is 12.7 Å². The Morgan fingerprint density at radius 3 is 2.67 bits per heavy atom. The summed E-state index contributed by atoms with van der Waals surface area (Å²) in [5, 5.41) is 7.18. The fourth-order valence-corrected chi connectivity index (χ4v) is 2.52. The standard InChI is InChI=1S/C13H13F2NOS/c1-16-12(10-5-6-18-8-10)9-3-2-4-11(7-9)17-13(14)15/h2-8,12-13,16H,1H3. The topological polar surface area (TPSA) is 21.3 Å². The van der Waals surface area contributed by atoms with E-state index in [4.69, 9.17) is 0 Å². The van der Waals surface area contributed by atoms with Crippen molar-refractivity contribution in [3.05, 3.63) is 52.2 Å². The molecule has 96 valence electrons. The van der Waals surface area contributed by atoms with E-state index >= 15 is 0 Å². The average molecular weight is 269 g/mol. The van der Waals surface area contributed by atoms with Crippen LogP contribution in [0.2, 0.25) is 0 Å². The molecule has 5 heteroatoms. The molecule has 2 rings (SSSR count). The van der Waals surface area contributed by atoms with Gasteiger partial charge in [-0.05, 0) is 47.1 Å². The second-order valence-electron chi connectivity index (χ2n) is 3.73. The maximum Gasteiger partial charge on any atom is 0.387 e. The number of halogens is 2. The number of hydrogen-bond donors (Lipinski definition) is 1. The monoisotopic (exact) mass is 269 g/mol. The van der Waals surface area contributed by atoms with E-state index in [9.17, 15) is 8.78 Å². The molecule has 0 radical (unpaired) electrons. The molecule has 2 nitrogen and oxygen atoms in total. The highest BCUT2D eigenvalue weighted by Gasteiger charge is 2.13. The smallest absolute Gasteiger partial charge is 0.387 e. The molecule has 0 bridgehead atoms. The number of rotatable bonds is 5. The van der Waals surface area contributed by atoms with Gasteiger partial charge in [0.1, 0.15) is 5.75 Å². The van der Waals surface area contributed by atoms with Crippen molar-refractivity contribution in [3.63, 3.8) is 0 Å². The summed E-state index contributed by atoms with van der Waals surface area (Å²) < 4.78 is 28.8. The van der Waals surface area contributed by atoms with E-state index in [1.54, 1.807) is 23.5 Å². The summed E-state index contributed by atoms with van der Waals surface area (Å²) in [4.78, 5) is 0. The van der Waals surface area contributed by atoms with Crippen molar-refractivity contribution in [2.75, 3.05) is 7.05 Å². The van der Waals surface area contributed by atoms with E-state index in [1.807, 2.05) is 29.9 Å². The minimum absolute atomic E-state index is 0.0162. The number of thiophene rings is 1. The van der Waals surface area contributed by atoms with Gasteiger partial charge in [0.25, 0.3) is 0 Å². The first kappa shape index (κ1) is 13.0. The van der Waals surface area contributed by atoms with Crippen LogP contribution in [0.15, 0.2) is 41.1 Å². The van der Waals surface area contributed by atoms with E-state index < -0.39 is 6.61 Å². The molecule has 1 aromatic carbocycles. The van der Waals surface area contributed by atoms with Crippen molar-refractivity contribution in [1.29, 1.82) is 0 Å². The first-order valence-electron chi connectivity index (χ1n) is 5.45. The molecule has 1 atom stereocenters. The molecule has 0 aliphatic rings. The maximum atomic E-state index is 12.2. The van der Waals surface area contributed by atoms with Crippen molar-refractivity contribution >= 4 is 11.3 Å². The van der Waals surface area contributed by atoms with Crippen molar-refractivity contribution in [1.82, 2.24) is 5.32 Å². The van der Waals surface area contributed by atoms with Gasteiger partial charge in [-0.1, -0.05) is 12.1 Å². The van der Waals surface area contributed by atoms with Crippen molar-refractivity contribution < 1.29 is 13.5 Å². The SMILES string of the molecule is CNC(c1ccsc1)c1cccc(OC(F)F)c1. The van der Waals surface area contributed by atoms with E-state index in [0.717, 1.165) is 11.1 Å². The average Bonchev–Trinajstić information content (AvgIpc) is 2.83. The van der Waals surface area contributed by atoms with Crippen LogP contribution in [0.3, 0.4) is 0 Å². The van der Waals surface area contributed by atoms with Crippen LogP contribution < -0.4 is 10.1 Å². The van der Waals surface area contributed by atoms with Gasteiger partial charge in [0, 0.05) is 0 Å². The van der Waals surface area contributed by atoms with Crippen LogP contribution in [0.5, 0.6) is 5.75 Å². The highest BCUT2D eigenvalue weighted by atomic mass is 32.1. The van der Waals surface area contributed by atoms with Gasteiger partial charge in [-0.2, -0.15) is 20.1 Å². The van der Waals surface area contributed by atoms with E-state index in [0.29, 0.717) is 0 Å². The molecular formula is C13H13F2NOS. The molecule has 0 saturated heterocycles. The Balaban J connectivity index is 2.26. The van der Waals surface area contributed by atoms with E-state index in [2.05, 4.69) is 10.1 Å². The fourth-order valence-electron chi connectivity index (χ4n) is 1.84. The zero-order valence-electron chi connectivity index (χ0n) is 9.77. The highest BCUT2D eigenvalue weighted by molar-refractivity contribution is 7.08. The van der Waals surface area contributed by atoms with Gasteiger partial charge in [-0.15, -0.1) is 0 Å². The molecule has 1 N–H and O–H groups in total. The van der Waals surface area contributed by atoms with Gasteiger partial charge in [0.2, 0.25) is 0 Å². The van der Waals surface area contributed by atoms with Gasteiger partial charge in [0.15, 0.2) is 0 Å². The zero-order chi connectivity index (χ0) is 13.0. The molecule has 2 aromatic rings. The summed E-state index contributed by atoms with van der Waals surface area (Å²) in [6.45, 7) is -2.80. The lowest BCUT2D eigenvalue weighted by atomic mass is 10.0. The van der Waals surface area contributed by atoms with Gasteiger partial charge in [-0.3, -0.25) is 0 Å². The first-order valence-corrected chi connectivity index (χ1v) is 6.39. The molecule has 0 spiro atoms. The Morgan fingerprint density at radius 1 is 1.22 bits per heavy atom. The molecule has 0 saturated carbocycles. The Kier molecular flexibility index (Phi) is 4.28. The van der Waals surface area contributed by atoms with Gasteiger partial charge in [0.05, 0.1) is 6.04 Å². The fraction of sp³-hybridized carbons (Fsp3) is 0.231. The number of nitrogens with one attached hydrogen (secondary N) is 1. The predicted octanol–water partition coefficient (Wildman–Crippen LogP) is 3.66. The third-order valence-corrected chi connectivity index (χ3v) is 3.28. The second-order valence-corrected chi connectivity index (χ2v) is 4.51. The number of benzene rings is 1. The highest BCUT2D eigenvalue weighted by Crippen LogP contribution is 2.26. The molecule has 0 aliphatic carbocycles. The van der Waals surface area contributed by atoms with Crippen LogP contribution in [0.1, 0.15) is 17.2 Å². The largest absolute Gasteiger partial charge is 0.435 e. The Morgan fingerprint density at radius 2 is 2.06 bits per heavy atom. The summed E-state index contributed by atoms with van der Waals surface area (Å²) in [6, 6.07) is 8.74. The molecule has 1 aromatic heterocycles. The van der Waals surface area contributed by atoms with Gasteiger partial charge in [-0.25, -0.2) is 0 Å². The molecule has 0 amide bonds. The zero-order valence-corrected chi connectivity index (χ0v) is 10.6. The third kappa shape index (κ3) is 3.05. The molecular weight excluding hydrogens is 256 g/mol. The summed E-state index contributed by atoms with van der Waals surface area (Å²) in [6.07, 6.45) is 0. The van der Waals surface area contributed by atoms with Gasteiger partial charge < -0.3 is 10.1 Å². The molecule has 0 fully saturated rings. The van der Waals surface area contributed by atoms with E-state index in [-0.39, 0.29) is 11.8 Å². The Hall–Kier alpha value is -1.46. The summed E-state index contributed by atoms with van der Waals surface area (Å²) in [5.74, 6) is 0.179. The van der Waals surface area contributed by atoms with Crippen LogP contribution >= 0.6 is 11.3 Å². The summed E-state index contributed by atoms with van der Waals surface area (Å²) in [7, 11) is 1.84. The quantitative estimate of drug-likeness (QED) is 0.894. The second kappa shape index (κ2) is 5.93. The first-order chi connectivity index (χ1) is 8.70. The van der Waals surface area contributed by atoms with Crippen LogP contribution in [-0.2, 0) is 0 Å². The summed E-state index contributed by atoms with van der Waals surface area (Å²) >= 11 is 1.60. The lowest BCUT2D eigenvalue weighted by Crippen LogP contribution is -2.17. The molecule has 1 unspecified atom stereocenters. The Bertz CT molecular complexity index is 487. The predicted molar refractivity (Wildman–Crippen MR) is 68.3 cm³/mol. The van der Waals surface area contributed by atoms with Gasteiger partial charge >= 0.3 is 6.61 Å². The van der Waals surface area contributed by atoms with Crippen LogP contribution in [-0.4, -0.2) is 13.7 Å². The Labute approximate surface area is 108 Å². The maximum absolute atomic E-state index is 12.2. The van der Waals surface area contributed by atoms with E-state index in [1.165, 1.54) is 6.07 Å². The summed E-state index contributed by atoms with van der Waals surface area (Å²) in [5.41, 5.74) is 2.01. The van der Waals surface area contributed by atoms with Crippen LogP contribution in [0.25, 0.3) is 0 Å².